The highest BCUT2D eigenvalue weighted by atomic mass is 32.1. The molecule has 2 nitrogen and oxygen atoms in total. The summed E-state index contributed by atoms with van der Waals surface area (Å²) in [5.41, 5.74) is 2.16. The maximum absolute atomic E-state index is 11.8. The second-order valence-electron chi connectivity index (χ2n) is 4.23. The monoisotopic (exact) mass is 235 g/mol. The number of thiophene rings is 1. The maximum Gasteiger partial charge on any atom is 0.252 e. The van der Waals surface area contributed by atoms with Crippen molar-refractivity contribution in [3.63, 3.8) is 0 Å². The van der Waals surface area contributed by atoms with Gasteiger partial charge in [0.1, 0.15) is 0 Å². The zero-order valence-corrected chi connectivity index (χ0v) is 10.3. The van der Waals surface area contributed by atoms with E-state index in [2.05, 4.69) is 18.3 Å². The van der Waals surface area contributed by atoms with Crippen molar-refractivity contribution < 1.29 is 4.79 Å². The molecule has 0 aromatic carbocycles. The van der Waals surface area contributed by atoms with Crippen LogP contribution in [0, 0.1) is 0 Å². The van der Waals surface area contributed by atoms with Crippen molar-refractivity contribution in [3.8, 4) is 0 Å². The summed E-state index contributed by atoms with van der Waals surface area (Å²) in [7, 11) is 0. The van der Waals surface area contributed by atoms with Crippen LogP contribution in [0.4, 0.5) is 0 Å². The molecule has 0 aliphatic heterocycles. The van der Waals surface area contributed by atoms with Gasteiger partial charge in [-0.2, -0.15) is 11.3 Å². The maximum atomic E-state index is 11.8. The van der Waals surface area contributed by atoms with E-state index in [1.54, 1.807) is 11.3 Å². The predicted octanol–water partition coefficient (Wildman–Crippen LogP) is 3.37. The molecule has 1 aliphatic rings. The zero-order chi connectivity index (χ0) is 11.4. The average Bonchev–Trinajstić information content (AvgIpc) is 2.83. The fourth-order valence-corrected chi connectivity index (χ4v) is 2.66. The highest BCUT2D eigenvalue weighted by molar-refractivity contribution is 7.08. The Balaban J connectivity index is 1.94. The lowest BCUT2D eigenvalue weighted by molar-refractivity contribution is 0.0945. The molecule has 3 heteroatoms. The molecule has 1 atom stereocenters. The van der Waals surface area contributed by atoms with E-state index in [0.29, 0.717) is 0 Å². The standard InChI is InChI=1S/C13H17NOS/c1-10(11-5-3-2-4-6-11)14-13(15)12-7-8-16-9-12/h5,7-10H,2-4,6H2,1H3,(H,14,15). The van der Waals surface area contributed by atoms with Crippen LogP contribution in [0.25, 0.3) is 0 Å². The van der Waals surface area contributed by atoms with Crippen LogP contribution in [-0.2, 0) is 0 Å². The molecule has 0 saturated carbocycles. The summed E-state index contributed by atoms with van der Waals surface area (Å²) in [6.07, 6.45) is 7.11. The van der Waals surface area contributed by atoms with Gasteiger partial charge in [-0.15, -0.1) is 0 Å². The number of hydrogen-bond acceptors (Lipinski definition) is 2. The van der Waals surface area contributed by atoms with Gasteiger partial charge in [0.15, 0.2) is 0 Å². The second-order valence-corrected chi connectivity index (χ2v) is 5.01. The van der Waals surface area contributed by atoms with Crippen molar-refractivity contribution in [1.29, 1.82) is 0 Å². The molecule has 1 amide bonds. The average molecular weight is 235 g/mol. The normalized spacial score (nSPS) is 17.7. The molecule has 2 rings (SSSR count). The van der Waals surface area contributed by atoms with Gasteiger partial charge >= 0.3 is 0 Å². The topological polar surface area (TPSA) is 29.1 Å². The Hall–Kier alpha value is -1.09. The van der Waals surface area contributed by atoms with E-state index in [4.69, 9.17) is 0 Å². The SMILES string of the molecule is CC(NC(=O)c1ccsc1)C1=CCCCC1. The third-order valence-electron chi connectivity index (χ3n) is 3.01. The summed E-state index contributed by atoms with van der Waals surface area (Å²) in [5.74, 6) is 0.0419. The number of rotatable bonds is 3. The molecule has 1 unspecified atom stereocenters. The first-order chi connectivity index (χ1) is 7.77. The Kier molecular flexibility index (Phi) is 3.78. The van der Waals surface area contributed by atoms with Crippen LogP contribution in [0.2, 0.25) is 0 Å². The van der Waals surface area contributed by atoms with Crippen LogP contribution < -0.4 is 5.32 Å². The number of amides is 1. The van der Waals surface area contributed by atoms with E-state index in [1.807, 2.05) is 16.8 Å². The Morgan fingerprint density at radius 3 is 3.00 bits per heavy atom. The third kappa shape index (κ3) is 2.73. The molecular formula is C13H17NOS. The van der Waals surface area contributed by atoms with E-state index >= 15 is 0 Å². The fraction of sp³-hybridized carbons (Fsp3) is 0.462. The quantitative estimate of drug-likeness (QED) is 0.800. The number of hydrogen-bond donors (Lipinski definition) is 1. The highest BCUT2D eigenvalue weighted by Crippen LogP contribution is 2.20. The van der Waals surface area contributed by atoms with Gasteiger partial charge in [-0.25, -0.2) is 0 Å². The highest BCUT2D eigenvalue weighted by Gasteiger charge is 2.14. The first-order valence-corrected chi connectivity index (χ1v) is 6.73. The minimum Gasteiger partial charge on any atom is -0.346 e. The smallest absolute Gasteiger partial charge is 0.252 e. The Morgan fingerprint density at radius 1 is 1.50 bits per heavy atom. The van der Waals surface area contributed by atoms with Crippen LogP contribution in [0.15, 0.2) is 28.5 Å². The Labute approximate surface area is 100 Å². The molecule has 0 spiro atoms. The lowest BCUT2D eigenvalue weighted by Gasteiger charge is -2.20. The van der Waals surface area contributed by atoms with Gasteiger partial charge in [0, 0.05) is 11.4 Å². The summed E-state index contributed by atoms with van der Waals surface area (Å²) in [5, 5.41) is 6.87. The van der Waals surface area contributed by atoms with Crippen LogP contribution in [-0.4, -0.2) is 11.9 Å². The molecule has 1 heterocycles. The largest absolute Gasteiger partial charge is 0.346 e. The first-order valence-electron chi connectivity index (χ1n) is 5.79. The van der Waals surface area contributed by atoms with Gasteiger partial charge in [0.25, 0.3) is 5.91 Å². The molecule has 1 N–H and O–H groups in total. The molecule has 86 valence electrons. The van der Waals surface area contributed by atoms with Gasteiger partial charge in [-0.05, 0) is 44.1 Å². The van der Waals surface area contributed by atoms with E-state index < -0.39 is 0 Å². The molecule has 1 aromatic heterocycles. The third-order valence-corrected chi connectivity index (χ3v) is 3.70. The first kappa shape index (κ1) is 11.4. The fourth-order valence-electron chi connectivity index (χ4n) is 2.02. The molecule has 1 aromatic rings. The number of allylic oxidation sites excluding steroid dienone is 1. The Morgan fingerprint density at radius 2 is 2.38 bits per heavy atom. The summed E-state index contributed by atoms with van der Waals surface area (Å²) < 4.78 is 0. The molecule has 1 aliphatic carbocycles. The summed E-state index contributed by atoms with van der Waals surface area (Å²) in [4.78, 5) is 11.8. The van der Waals surface area contributed by atoms with Gasteiger partial charge in [0.05, 0.1) is 5.56 Å². The summed E-state index contributed by atoms with van der Waals surface area (Å²) in [6.45, 7) is 2.07. The van der Waals surface area contributed by atoms with Crippen LogP contribution >= 0.6 is 11.3 Å². The number of carbonyl (C=O) groups excluding carboxylic acids is 1. The summed E-state index contributed by atoms with van der Waals surface area (Å²) in [6, 6.07) is 2.04. The van der Waals surface area contributed by atoms with Gasteiger partial charge in [-0.3, -0.25) is 4.79 Å². The molecule has 0 fully saturated rings. The lowest BCUT2D eigenvalue weighted by Crippen LogP contribution is -2.34. The Bertz CT molecular complexity index is 381. The number of carbonyl (C=O) groups is 1. The van der Waals surface area contributed by atoms with E-state index in [9.17, 15) is 4.79 Å². The minimum atomic E-state index is 0.0419. The van der Waals surface area contributed by atoms with Crippen LogP contribution in [0.3, 0.4) is 0 Å². The minimum absolute atomic E-state index is 0.0419. The van der Waals surface area contributed by atoms with Crippen molar-refractivity contribution in [2.75, 3.05) is 0 Å². The van der Waals surface area contributed by atoms with E-state index in [-0.39, 0.29) is 11.9 Å². The molecule has 0 saturated heterocycles. The van der Waals surface area contributed by atoms with Gasteiger partial charge in [0.2, 0.25) is 0 Å². The number of nitrogens with one attached hydrogen (secondary N) is 1. The predicted molar refractivity (Wildman–Crippen MR) is 67.8 cm³/mol. The van der Waals surface area contributed by atoms with Crippen LogP contribution in [0.5, 0.6) is 0 Å². The van der Waals surface area contributed by atoms with Crippen molar-refractivity contribution in [3.05, 3.63) is 34.0 Å². The van der Waals surface area contributed by atoms with Gasteiger partial charge < -0.3 is 5.32 Å². The zero-order valence-electron chi connectivity index (χ0n) is 9.53. The second kappa shape index (κ2) is 5.30. The van der Waals surface area contributed by atoms with Crippen molar-refractivity contribution >= 4 is 17.2 Å². The van der Waals surface area contributed by atoms with Crippen molar-refractivity contribution in [1.82, 2.24) is 5.32 Å². The molecular weight excluding hydrogens is 218 g/mol. The summed E-state index contributed by atoms with van der Waals surface area (Å²) >= 11 is 1.56. The van der Waals surface area contributed by atoms with E-state index in [0.717, 1.165) is 18.4 Å². The molecule has 0 radical (unpaired) electrons. The van der Waals surface area contributed by atoms with Gasteiger partial charge in [-0.1, -0.05) is 11.6 Å². The molecule has 16 heavy (non-hydrogen) atoms. The van der Waals surface area contributed by atoms with E-state index in [1.165, 1.54) is 18.4 Å². The molecule has 0 bridgehead atoms. The van der Waals surface area contributed by atoms with Crippen LogP contribution in [0.1, 0.15) is 43.0 Å². The van der Waals surface area contributed by atoms with Crippen molar-refractivity contribution in [2.24, 2.45) is 0 Å². The van der Waals surface area contributed by atoms with Crippen molar-refractivity contribution in [2.45, 2.75) is 38.6 Å². The lowest BCUT2D eigenvalue weighted by atomic mass is 9.94.